The molecule has 5 atom stereocenters. The van der Waals surface area contributed by atoms with E-state index in [9.17, 15) is 43.2 Å². The zero-order valence-corrected chi connectivity index (χ0v) is 68.5. The van der Waals surface area contributed by atoms with Crippen LogP contribution in [-0.2, 0) is 65.4 Å². The third-order valence-corrected chi connectivity index (χ3v) is 21.4. The standard InChI is InChI=1S/C83H162O17P2/c1-6-9-12-15-18-21-24-25-26-27-28-29-33-36-39-43-47-52-57-62-67-81(86)94-73-79(100-83(88)69-64-59-54-49-44-40-37-34-31-30-32-35-38-42-45-50-55-60-65-76(4)5)75-98-102(91,92)96-71-77(84)70-95-101(89,90)97-74-78(72-93-80(85)66-61-56-51-46-23-20-17-14-11-8-3)99-82(87)68-63-58-53-48-41-22-19-16-13-10-7-2/h76-79,84H,6-75H2,1-5H3,(H,89,90)(H,91,92)/t77-,78+,79+/m0/s1. The molecule has 0 aliphatic heterocycles. The number of hydrogen-bond donors (Lipinski definition) is 3. The summed E-state index contributed by atoms with van der Waals surface area (Å²) < 4.78 is 68.7. The predicted octanol–water partition coefficient (Wildman–Crippen LogP) is 25.2. The first kappa shape index (κ1) is 100. The largest absolute Gasteiger partial charge is 0.472 e. The Labute approximate surface area is 626 Å². The molecule has 0 saturated heterocycles. The normalized spacial score (nSPS) is 13.8. The van der Waals surface area contributed by atoms with Crippen molar-refractivity contribution in [2.24, 2.45) is 5.92 Å². The number of carbonyl (C=O) groups is 4. The minimum atomic E-state index is -4.96. The number of aliphatic hydroxyl groups is 1. The highest BCUT2D eigenvalue weighted by Gasteiger charge is 2.30. The number of ether oxygens (including phenoxy) is 4. The lowest BCUT2D eigenvalue weighted by Crippen LogP contribution is -2.30. The molecule has 0 rings (SSSR count). The molecule has 3 N–H and O–H groups in total. The van der Waals surface area contributed by atoms with Crippen LogP contribution in [0.1, 0.15) is 446 Å². The Hall–Kier alpha value is -1.94. The first-order chi connectivity index (χ1) is 49.5. The third-order valence-electron chi connectivity index (χ3n) is 19.5. The van der Waals surface area contributed by atoms with Gasteiger partial charge in [0.2, 0.25) is 0 Å². The molecule has 0 amide bonds. The monoisotopic (exact) mass is 1490 g/mol. The average molecular weight is 1490 g/mol. The van der Waals surface area contributed by atoms with E-state index in [2.05, 4.69) is 34.6 Å². The molecule has 2 unspecified atom stereocenters. The molecule has 0 aromatic heterocycles. The van der Waals surface area contributed by atoms with E-state index >= 15 is 0 Å². The van der Waals surface area contributed by atoms with Gasteiger partial charge in [-0.25, -0.2) is 9.13 Å². The van der Waals surface area contributed by atoms with Crippen LogP contribution in [0.15, 0.2) is 0 Å². The summed E-state index contributed by atoms with van der Waals surface area (Å²) in [4.78, 5) is 73.0. The molecule has 0 bridgehead atoms. The second kappa shape index (κ2) is 75.9. The quantitative estimate of drug-likeness (QED) is 0.0222. The second-order valence-electron chi connectivity index (χ2n) is 30.3. The molecule has 17 nitrogen and oxygen atoms in total. The van der Waals surface area contributed by atoms with E-state index in [4.69, 9.17) is 37.0 Å². The molecule has 0 aromatic rings. The fourth-order valence-corrected chi connectivity index (χ4v) is 14.5. The molecule has 0 heterocycles. The topological polar surface area (TPSA) is 237 Å². The van der Waals surface area contributed by atoms with E-state index in [0.717, 1.165) is 95.8 Å². The van der Waals surface area contributed by atoms with Gasteiger partial charge in [-0.05, 0) is 31.6 Å². The van der Waals surface area contributed by atoms with Crippen molar-refractivity contribution in [1.29, 1.82) is 0 Å². The van der Waals surface area contributed by atoms with Crippen molar-refractivity contribution in [3.63, 3.8) is 0 Å². The molecule has 0 saturated carbocycles. The molecule has 0 aliphatic carbocycles. The fourth-order valence-electron chi connectivity index (χ4n) is 12.9. The highest BCUT2D eigenvalue weighted by Crippen LogP contribution is 2.45. The van der Waals surface area contributed by atoms with E-state index in [0.29, 0.717) is 25.7 Å². The van der Waals surface area contributed by atoms with E-state index < -0.39 is 97.5 Å². The number of esters is 4. The summed E-state index contributed by atoms with van der Waals surface area (Å²) in [6.07, 6.45) is 68.1. The van der Waals surface area contributed by atoms with Gasteiger partial charge in [0, 0.05) is 25.7 Å². The van der Waals surface area contributed by atoms with Crippen LogP contribution in [0.5, 0.6) is 0 Å². The van der Waals surface area contributed by atoms with E-state index in [-0.39, 0.29) is 25.7 Å². The van der Waals surface area contributed by atoms with E-state index in [1.54, 1.807) is 0 Å². The van der Waals surface area contributed by atoms with Gasteiger partial charge in [0.15, 0.2) is 12.2 Å². The molecule has 606 valence electrons. The second-order valence-corrected chi connectivity index (χ2v) is 33.3. The van der Waals surface area contributed by atoms with Crippen LogP contribution in [-0.4, -0.2) is 96.7 Å². The summed E-state index contributed by atoms with van der Waals surface area (Å²) in [7, 11) is -9.92. The van der Waals surface area contributed by atoms with Crippen LogP contribution < -0.4 is 0 Å². The smallest absolute Gasteiger partial charge is 0.462 e. The Morgan fingerprint density at radius 3 is 0.667 bits per heavy atom. The Morgan fingerprint density at radius 1 is 0.265 bits per heavy atom. The predicted molar refractivity (Wildman–Crippen MR) is 418 cm³/mol. The number of hydrogen-bond acceptors (Lipinski definition) is 15. The minimum absolute atomic E-state index is 0.108. The van der Waals surface area contributed by atoms with Gasteiger partial charge in [0.25, 0.3) is 0 Å². The summed E-state index contributed by atoms with van der Waals surface area (Å²) in [5.74, 6) is -1.28. The Bertz CT molecular complexity index is 1940. The maximum absolute atomic E-state index is 13.1. The summed E-state index contributed by atoms with van der Waals surface area (Å²) in [5, 5.41) is 10.6. The SMILES string of the molecule is CCCCCCCCCCCCCCCCCCCCCCC(=O)OC[C@H](COP(=O)(O)OC[C@@H](O)COP(=O)(O)OC[C@@H](COC(=O)CCCCCCCCCCCC)OC(=O)CCCCCCCCCCCCC)OC(=O)CCCCCCCCCCCCCCCCCCCCC(C)C. The van der Waals surface area contributed by atoms with Crippen LogP contribution in [0.4, 0.5) is 0 Å². The Kier molecular flexibility index (Phi) is 74.4. The summed E-state index contributed by atoms with van der Waals surface area (Å²) in [6, 6.07) is 0. The van der Waals surface area contributed by atoms with Gasteiger partial charge >= 0.3 is 39.5 Å². The van der Waals surface area contributed by atoms with E-state index in [1.807, 2.05) is 0 Å². The van der Waals surface area contributed by atoms with Crippen molar-refractivity contribution in [1.82, 2.24) is 0 Å². The van der Waals surface area contributed by atoms with Gasteiger partial charge in [-0.1, -0.05) is 394 Å². The lowest BCUT2D eigenvalue weighted by molar-refractivity contribution is -0.161. The molecule has 0 aliphatic rings. The summed E-state index contributed by atoms with van der Waals surface area (Å²) >= 11 is 0. The van der Waals surface area contributed by atoms with Gasteiger partial charge in [-0.15, -0.1) is 0 Å². The summed E-state index contributed by atoms with van der Waals surface area (Å²) in [5.41, 5.74) is 0. The third kappa shape index (κ3) is 76.3. The van der Waals surface area contributed by atoms with Gasteiger partial charge in [-0.2, -0.15) is 0 Å². The number of rotatable bonds is 83. The van der Waals surface area contributed by atoms with E-state index in [1.165, 1.54) is 270 Å². The van der Waals surface area contributed by atoms with Crippen molar-refractivity contribution < 1.29 is 80.2 Å². The van der Waals surface area contributed by atoms with Gasteiger partial charge in [0.05, 0.1) is 26.4 Å². The zero-order chi connectivity index (χ0) is 74.8. The Balaban J connectivity index is 5.19. The number of unbranched alkanes of at least 4 members (excludes halogenated alkanes) is 55. The van der Waals surface area contributed by atoms with Crippen molar-refractivity contribution in [2.75, 3.05) is 39.6 Å². The van der Waals surface area contributed by atoms with Crippen LogP contribution >= 0.6 is 15.6 Å². The average Bonchev–Trinajstić information content (AvgIpc) is 1.05. The zero-order valence-electron chi connectivity index (χ0n) is 66.8. The molecule has 0 fully saturated rings. The van der Waals surface area contributed by atoms with Crippen LogP contribution in [0, 0.1) is 5.92 Å². The lowest BCUT2D eigenvalue weighted by atomic mass is 10.0. The maximum atomic E-state index is 13.1. The molecular formula is C83H162O17P2. The molecule has 19 heteroatoms. The van der Waals surface area contributed by atoms with Crippen molar-refractivity contribution in [3.05, 3.63) is 0 Å². The first-order valence-electron chi connectivity index (χ1n) is 43.1. The number of phosphoric acid groups is 2. The number of phosphoric ester groups is 2. The molecule has 0 radical (unpaired) electrons. The summed E-state index contributed by atoms with van der Waals surface area (Å²) in [6.45, 7) is 7.36. The van der Waals surface area contributed by atoms with Crippen molar-refractivity contribution in [3.8, 4) is 0 Å². The van der Waals surface area contributed by atoms with Crippen LogP contribution in [0.2, 0.25) is 0 Å². The fraction of sp³-hybridized carbons (Fsp3) is 0.952. The molecular weight excluding hydrogens is 1330 g/mol. The van der Waals surface area contributed by atoms with Crippen molar-refractivity contribution in [2.45, 2.75) is 464 Å². The van der Waals surface area contributed by atoms with Crippen LogP contribution in [0.3, 0.4) is 0 Å². The molecule has 0 aromatic carbocycles. The van der Waals surface area contributed by atoms with Gasteiger partial charge in [0.1, 0.15) is 19.3 Å². The molecule has 102 heavy (non-hydrogen) atoms. The van der Waals surface area contributed by atoms with Crippen molar-refractivity contribution >= 4 is 39.5 Å². The maximum Gasteiger partial charge on any atom is 0.472 e. The number of carbonyl (C=O) groups excluding carboxylic acids is 4. The Morgan fingerprint density at radius 2 is 0.451 bits per heavy atom. The highest BCUT2D eigenvalue weighted by molar-refractivity contribution is 7.47. The lowest BCUT2D eigenvalue weighted by Gasteiger charge is -2.21. The minimum Gasteiger partial charge on any atom is -0.462 e. The number of aliphatic hydroxyl groups excluding tert-OH is 1. The molecule has 0 spiro atoms. The van der Waals surface area contributed by atoms with Gasteiger partial charge in [-0.3, -0.25) is 37.3 Å². The van der Waals surface area contributed by atoms with Gasteiger partial charge < -0.3 is 33.8 Å². The first-order valence-corrected chi connectivity index (χ1v) is 46.1. The highest BCUT2D eigenvalue weighted by atomic mass is 31.2. The van der Waals surface area contributed by atoms with Crippen LogP contribution in [0.25, 0.3) is 0 Å².